The van der Waals surface area contributed by atoms with Gasteiger partial charge in [0, 0.05) is 12.1 Å². The second-order valence-electron chi connectivity index (χ2n) is 5.36. The molecule has 2 aromatic rings. The van der Waals surface area contributed by atoms with Crippen LogP contribution in [0, 0.1) is 0 Å². The van der Waals surface area contributed by atoms with Crippen LogP contribution in [-0.2, 0) is 11.4 Å². The number of fused-ring (bicyclic) bond motifs is 1. The highest BCUT2D eigenvalue weighted by atomic mass is 16.5. The molecule has 0 radical (unpaired) electrons. The minimum absolute atomic E-state index is 0.0442. The summed E-state index contributed by atoms with van der Waals surface area (Å²) in [6.07, 6.45) is 0.239. The Morgan fingerprint density at radius 2 is 1.95 bits per heavy atom. The molecule has 4 nitrogen and oxygen atoms in total. The predicted octanol–water partition coefficient (Wildman–Crippen LogP) is 3.06. The van der Waals surface area contributed by atoms with E-state index in [9.17, 15) is 9.90 Å². The monoisotopic (exact) mass is 297 g/mol. The highest BCUT2D eigenvalue weighted by Gasteiger charge is 2.35. The van der Waals surface area contributed by atoms with Crippen molar-refractivity contribution in [2.75, 3.05) is 11.4 Å². The van der Waals surface area contributed by atoms with Crippen molar-refractivity contribution < 1.29 is 14.6 Å². The molecule has 114 valence electrons. The molecular formula is C18H19NO3. The van der Waals surface area contributed by atoms with Crippen LogP contribution < -0.4 is 9.64 Å². The van der Waals surface area contributed by atoms with Crippen molar-refractivity contribution in [1.82, 2.24) is 0 Å². The van der Waals surface area contributed by atoms with E-state index in [2.05, 4.69) is 0 Å². The van der Waals surface area contributed by atoms with Gasteiger partial charge in [-0.25, -0.2) is 0 Å². The third-order valence-corrected chi connectivity index (χ3v) is 3.78. The molecule has 1 heterocycles. The van der Waals surface area contributed by atoms with Gasteiger partial charge in [-0.05, 0) is 24.1 Å². The van der Waals surface area contributed by atoms with Crippen LogP contribution >= 0.6 is 0 Å². The maximum Gasteiger partial charge on any atom is 0.272 e. The summed E-state index contributed by atoms with van der Waals surface area (Å²) in [6, 6.07) is 15.0. The second-order valence-corrected chi connectivity index (χ2v) is 5.36. The predicted molar refractivity (Wildman–Crippen MR) is 84.8 cm³/mol. The number of carbonyl (C=O) groups excluding carboxylic acids is 1. The molecule has 1 aliphatic rings. The van der Waals surface area contributed by atoms with E-state index in [4.69, 9.17) is 4.74 Å². The minimum Gasteiger partial charge on any atom is -0.474 e. The highest BCUT2D eigenvalue weighted by molar-refractivity contribution is 6.00. The van der Waals surface area contributed by atoms with Gasteiger partial charge in [0.15, 0.2) is 0 Å². The summed E-state index contributed by atoms with van der Waals surface area (Å²) in [5, 5.41) is 9.31. The lowest BCUT2D eigenvalue weighted by Gasteiger charge is -2.34. The maximum absolute atomic E-state index is 12.8. The van der Waals surface area contributed by atoms with Gasteiger partial charge in [0.05, 0.1) is 12.3 Å². The van der Waals surface area contributed by atoms with E-state index < -0.39 is 6.10 Å². The van der Waals surface area contributed by atoms with Crippen LogP contribution in [0.2, 0.25) is 0 Å². The molecule has 0 fully saturated rings. The van der Waals surface area contributed by atoms with Crippen LogP contribution in [0.15, 0.2) is 48.5 Å². The molecule has 1 amide bonds. The van der Waals surface area contributed by atoms with Gasteiger partial charge in [-0.2, -0.15) is 0 Å². The maximum atomic E-state index is 12.8. The van der Waals surface area contributed by atoms with E-state index in [1.54, 1.807) is 11.0 Å². The summed E-state index contributed by atoms with van der Waals surface area (Å²) in [6.45, 7) is 2.65. The van der Waals surface area contributed by atoms with E-state index in [1.807, 2.05) is 49.4 Å². The first-order valence-electron chi connectivity index (χ1n) is 7.51. The highest BCUT2D eigenvalue weighted by Crippen LogP contribution is 2.39. The van der Waals surface area contributed by atoms with E-state index >= 15 is 0 Å². The molecule has 0 saturated heterocycles. The lowest BCUT2D eigenvalue weighted by Crippen LogP contribution is -2.41. The van der Waals surface area contributed by atoms with Crippen molar-refractivity contribution in [1.29, 1.82) is 0 Å². The van der Waals surface area contributed by atoms with Gasteiger partial charge in [0.25, 0.3) is 5.91 Å². The Morgan fingerprint density at radius 3 is 2.64 bits per heavy atom. The topological polar surface area (TPSA) is 49.8 Å². The normalized spacial score (nSPS) is 17.1. The SMILES string of the molecule is CCCN1C(=O)C(c2ccccc2)Oc2cc(CO)ccc21. The molecule has 0 saturated carbocycles. The van der Waals surface area contributed by atoms with Gasteiger partial charge in [0.1, 0.15) is 5.75 Å². The van der Waals surface area contributed by atoms with E-state index in [-0.39, 0.29) is 12.5 Å². The van der Waals surface area contributed by atoms with Gasteiger partial charge in [-0.15, -0.1) is 0 Å². The fourth-order valence-corrected chi connectivity index (χ4v) is 2.70. The fraction of sp³-hybridized carbons (Fsp3) is 0.278. The number of aliphatic hydroxyl groups is 1. The number of nitrogens with zero attached hydrogens (tertiary/aromatic N) is 1. The minimum atomic E-state index is -0.630. The molecule has 1 N–H and O–H groups in total. The van der Waals surface area contributed by atoms with Gasteiger partial charge in [-0.3, -0.25) is 4.79 Å². The van der Waals surface area contributed by atoms with E-state index in [0.717, 1.165) is 23.2 Å². The molecule has 0 spiro atoms. The number of hydrogen-bond acceptors (Lipinski definition) is 3. The smallest absolute Gasteiger partial charge is 0.272 e. The molecule has 2 aromatic carbocycles. The largest absolute Gasteiger partial charge is 0.474 e. The summed E-state index contributed by atoms with van der Waals surface area (Å²) < 4.78 is 5.95. The zero-order chi connectivity index (χ0) is 15.5. The summed E-state index contributed by atoms with van der Waals surface area (Å²) in [5.74, 6) is 0.603. The number of anilines is 1. The van der Waals surface area contributed by atoms with E-state index in [0.29, 0.717) is 12.3 Å². The Balaban J connectivity index is 2.04. The van der Waals surface area contributed by atoms with Crippen molar-refractivity contribution in [2.24, 2.45) is 0 Å². The standard InChI is InChI=1S/C18H19NO3/c1-2-10-19-15-9-8-13(12-20)11-16(15)22-17(18(19)21)14-6-4-3-5-7-14/h3-9,11,17,20H,2,10,12H2,1H3. The van der Waals surface area contributed by atoms with Crippen LogP contribution in [0.3, 0.4) is 0 Å². The molecular weight excluding hydrogens is 278 g/mol. The number of rotatable bonds is 4. The fourth-order valence-electron chi connectivity index (χ4n) is 2.70. The van der Waals surface area contributed by atoms with Crippen LogP contribution in [-0.4, -0.2) is 17.6 Å². The molecule has 1 atom stereocenters. The van der Waals surface area contributed by atoms with Crippen molar-refractivity contribution in [2.45, 2.75) is 26.1 Å². The number of carbonyl (C=O) groups is 1. The van der Waals surface area contributed by atoms with Crippen molar-refractivity contribution in [3.05, 3.63) is 59.7 Å². The molecule has 0 aromatic heterocycles. The van der Waals surface area contributed by atoms with Crippen LogP contribution in [0.1, 0.15) is 30.6 Å². The first-order chi connectivity index (χ1) is 10.7. The molecule has 1 aliphatic heterocycles. The van der Waals surface area contributed by atoms with Gasteiger partial charge < -0.3 is 14.7 Å². The lowest BCUT2D eigenvalue weighted by atomic mass is 10.0. The molecule has 4 heteroatoms. The Kier molecular flexibility index (Phi) is 4.11. The average molecular weight is 297 g/mol. The Bertz CT molecular complexity index is 669. The number of aliphatic hydroxyl groups excluding tert-OH is 1. The van der Waals surface area contributed by atoms with Crippen molar-refractivity contribution in [3.63, 3.8) is 0 Å². The number of ether oxygens (including phenoxy) is 1. The number of hydrogen-bond donors (Lipinski definition) is 1. The van der Waals surface area contributed by atoms with Gasteiger partial charge >= 0.3 is 0 Å². The van der Waals surface area contributed by atoms with Gasteiger partial charge in [0.2, 0.25) is 6.10 Å². The third kappa shape index (κ3) is 2.57. The summed E-state index contributed by atoms with van der Waals surface area (Å²) in [4.78, 5) is 14.6. The Morgan fingerprint density at radius 1 is 1.18 bits per heavy atom. The zero-order valence-electron chi connectivity index (χ0n) is 12.5. The summed E-state index contributed by atoms with van der Waals surface area (Å²) in [7, 11) is 0. The number of benzene rings is 2. The van der Waals surface area contributed by atoms with Crippen LogP contribution in [0.25, 0.3) is 0 Å². The summed E-state index contributed by atoms with van der Waals surface area (Å²) in [5.41, 5.74) is 2.39. The Hall–Kier alpha value is -2.33. The van der Waals surface area contributed by atoms with Crippen molar-refractivity contribution in [3.8, 4) is 5.75 Å². The lowest BCUT2D eigenvalue weighted by molar-refractivity contribution is -0.126. The molecule has 3 rings (SSSR count). The molecule has 0 aliphatic carbocycles. The summed E-state index contributed by atoms with van der Waals surface area (Å²) >= 11 is 0. The molecule has 0 bridgehead atoms. The second kappa shape index (κ2) is 6.20. The van der Waals surface area contributed by atoms with Crippen LogP contribution in [0.4, 0.5) is 5.69 Å². The first kappa shape index (κ1) is 14.6. The van der Waals surface area contributed by atoms with Gasteiger partial charge in [-0.1, -0.05) is 43.3 Å². The van der Waals surface area contributed by atoms with E-state index in [1.165, 1.54) is 0 Å². The van der Waals surface area contributed by atoms with Crippen molar-refractivity contribution >= 4 is 11.6 Å². The third-order valence-electron chi connectivity index (χ3n) is 3.78. The first-order valence-corrected chi connectivity index (χ1v) is 7.51. The molecule has 1 unspecified atom stereocenters. The quantitative estimate of drug-likeness (QED) is 0.943. The van der Waals surface area contributed by atoms with Crippen LogP contribution in [0.5, 0.6) is 5.75 Å². The Labute approximate surface area is 130 Å². The number of amides is 1. The zero-order valence-corrected chi connectivity index (χ0v) is 12.5. The average Bonchev–Trinajstić information content (AvgIpc) is 2.57. The molecule has 22 heavy (non-hydrogen) atoms.